The molecular formula is C54H44N2. The van der Waals surface area contributed by atoms with Crippen molar-refractivity contribution >= 4 is 38.9 Å². The summed E-state index contributed by atoms with van der Waals surface area (Å²) in [5.41, 5.74) is 21.2. The Balaban J connectivity index is 0.994. The number of hydrogen-bond acceptors (Lipinski definition) is 1. The molecule has 1 aromatic heterocycles. The standard InChI is InChI=1S/C54H44N2/c1-35-10-21-42(22-11-35)55(44-27-17-39(18-28-44)41-19-30-47-46-29-14-37(3)32-50(46)54(4,5)51(47)34-41)43-25-15-38(16-26-43)40-20-31-53-49(33-40)48-8-6-7-9-52(48)56(53)45-23-12-36(2)13-24-45/h6-34H,1-5H3. The molecule has 0 atom stereocenters. The van der Waals surface area contributed by atoms with Gasteiger partial charge in [-0.25, -0.2) is 0 Å². The first-order valence-corrected chi connectivity index (χ1v) is 19.7. The predicted octanol–water partition coefficient (Wildman–Crippen LogP) is 14.8. The van der Waals surface area contributed by atoms with Crippen LogP contribution in [0.3, 0.4) is 0 Å². The number of hydrogen-bond donors (Lipinski definition) is 0. The molecule has 1 aliphatic carbocycles. The van der Waals surface area contributed by atoms with E-state index in [0.717, 1.165) is 17.1 Å². The van der Waals surface area contributed by atoms with E-state index in [4.69, 9.17) is 0 Å². The van der Waals surface area contributed by atoms with Gasteiger partial charge in [-0.3, -0.25) is 0 Å². The molecule has 10 rings (SSSR count). The maximum absolute atomic E-state index is 2.41. The van der Waals surface area contributed by atoms with E-state index in [0.29, 0.717) is 0 Å². The molecule has 1 heterocycles. The molecule has 0 spiro atoms. The van der Waals surface area contributed by atoms with E-state index in [1.54, 1.807) is 0 Å². The van der Waals surface area contributed by atoms with Crippen LogP contribution in [-0.4, -0.2) is 4.57 Å². The molecule has 0 N–H and O–H groups in total. The smallest absolute Gasteiger partial charge is 0.0541 e. The van der Waals surface area contributed by atoms with Gasteiger partial charge in [0.1, 0.15) is 0 Å². The number of para-hydroxylation sites is 1. The first-order chi connectivity index (χ1) is 27.2. The van der Waals surface area contributed by atoms with E-state index >= 15 is 0 Å². The summed E-state index contributed by atoms with van der Waals surface area (Å²) in [5, 5.41) is 2.52. The van der Waals surface area contributed by atoms with Crippen molar-refractivity contribution in [2.45, 2.75) is 40.0 Å². The molecular weight excluding hydrogens is 677 g/mol. The van der Waals surface area contributed by atoms with Crippen LogP contribution in [0.1, 0.15) is 41.7 Å². The Morgan fingerprint density at radius 3 is 1.50 bits per heavy atom. The lowest BCUT2D eigenvalue weighted by Crippen LogP contribution is -2.15. The van der Waals surface area contributed by atoms with E-state index in [9.17, 15) is 0 Å². The van der Waals surface area contributed by atoms with Gasteiger partial charge in [0.25, 0.3) is 0 Å². The van der Waals surface area contributed by atoms with Gasteiger partial charge in [-0.15, -0.1) is 0 Å². The molecule has 56 heavy (non-hydrogen) atoms. The zero-order chi connectivity index (χ0) is 38.1. The number of anilines is 3. The van der Waals surface area contributed by atoms with Gasteiger partial charge in [0, 0.05) is 38.9 Å². The van der Waals surface area contributed by atoms with Crippen molar-refractivity contribution in [1.82, 2.24) is 4.57 Å². The maximum Gasteiger partial charge on any atom is 0.0541 e. The summed E-state index contributed by atoms with van der Waals surface area (Å²) in [6.45, 7) is 11.2. The largest absolute Gasteiger partial charge is 0.311 e. The minimum atomic E-state index is -0.0346. The molecule has 1 aliphatic rings. The zero-order valence-electron chi connectivity index (χ0n) is 32.6. The van der Waals surface area contributed by atoms with E-state index in [-0.39, 0.29) is 5.41 Å². The van der Waals surface area contributed by atoms with Crippen LogP contribution in [0.25, 0.3) is 60.9 Å². The van der Waals surface area contributed by atoms with Crippen LogP contribution in [-0.2, 0) is 5.41 Å². The number of benzene rings is 8. The number of nitrogens with zero attached hydrogens (tertiary/aromatic N) is 2. The van der Waals surface area contributed by atoms with Crippen molar-refractivity contribution in [2.75, 3.05) is 4.90 Å². The maximum atomic E-state index is 2.41. The number of rotatable bonds is 6. The summed E-state index contributed by atoms with van der Waals surface area (Å²) in [5.74, 6) is 0. The van der Waals surface area contributed by atoms with Crippen LogP contribution in [0.5, 0.6) is 0 Å². The van der Waals surface area contributed by atoms with Gasteiger partial charge in [0.15, 0.2) is 0 Å². The first-order valence-electron chi connectivity index (χ1n) is 19.7. The normalized spacial score (nSPS) is 12.9. The average Bonchev–Trinajstić information content (AvgIpc) is 3.67. The second-order valence-corrected chi connectivity index (χ2v) is 16.1. The second-order valence-electron chi connectivity index (χ2n) is 16.1. The Bertz CT molecular complexity index is 2930. The average molecular weight is 721 g/mol. The van der Waals surface area contributed by atoms with Gasteiger partial charge in [-0.2, -0.15) is 0 Å². The molecule has 0 saturated heterocycles. The van der Waals surface area contributed by atoms with Gasteiger partial charge >= 0.3 is 0 Å². The fourth-order valence-electron chi connectivity index (χ4n) is 8.90. The van der Waals surface area contributed by atoms with Crippen LogP contribution in [0, 0.1) is 20.8 Å². The molecule has 0 aliphatic heterocycles. The summed E-state index contributed by atoms with van der Waals surface area (Å²) in [6.07, 6.45) is 0. The van der Waals surface area contributed by atoms with Crippen molar-refractivity contribution < 1.29 is 0 Å². The molecule has 0 bridgehead atoms. The van der Waals surface area contributed by atoms with E-state index in [2.05, 4.69) is 220 Å². The van der Waals surface area contributed by atoms with Crippen molar-refractivity contribution in [3.8, 4) is 39.1 Å². The Morgan fingerprint density at radius 2 is 0.857 bits per heavy atom. The fraction of sp³-hybridized carbons (Fsp3) is 0.111. The van der Waals surface area contributed by atoms with Crippen molar-refractivity contribution in [3.63, 3.8) is 0 Å². The van der Waals surface area contributed by atoms with Crippen LogP contribution < -0.4 is 4.90 Å². The molecule has 9 aromatic rings. The van der Waals surface area contributed by atoms with Crippen LogP contribution >= 0.6 is 0 Å². The Labute approximate surface area is 330 Å². The lowest BCUT2D eigenvalue weighted by molar-refractivity contribution is 0.660. The van der Waals surface area contributed by atoms with E-state index in [1.165, 1.54) is 88.7 Å². The predicted molar refractivity (Wildman–Crippen MR) is 238 cm³/mol. The third-order valence-electron chi connectivity index (χ3n) is 12.0. The number of aryl methyl sites for hydroxylation is 3. The van der Waals surface area contributed by atoms with Crippen molar-refractivity contribution in [1.29, 1.82) is 0 Å². The minimum absolute atomic E-state index is 0.0346. The summed E-state index contributed by atoms with van der Waals surface area (Å²) in [6, 6.07) is 65.3. The van der Waals surface area contributed by atoms with Crippen LogP contribution in [0.2, 0.25) is 0 Å². The number of fused-ring (bicyclic) bond motifs is 6. The fourth-order valence-corrected chi connectivity index (χ4v) is 8.90. The lowest BCUT2D eigenvalue weighted by Gasteiger charge is -2.26. The lowest BCUT2D eigenvalue weighted by atomic mass is 9.81. The highest BCUT2D eigenvalue weighted by Gasteiger charge is 2.35. The Morgan fingerprint density at radius 1 is 0.393 bits per heavy atom. The van der Waals surface area contributed by atoms with Gasteiger partial charge in [-0.05, 0) is 138 Å². The zero-order valence-corrected chi connectivity index (χ0v) is 32.6. The van der Waals surface area contributed by atoms with Gasteiger partial charge < -0.3 is 9.47 Å². The molecule has 270 valence electrons. The molecule has 0 amide bonds. The SMILES string of the molecule is Cc1ccc(N(c2ccc(-c3ccc4c(c3)C(C)(C)c3cc(C)ccc3-4)cc2)c2ccc(-c3ccc4c(c3)c3ccccc3n4-c3ccc(C)cc3)cc2)cc1. The van der Waals surface area contributed by atoms with Crippen LogP contribution in [0.15, 0.2) is 176 Å². The van der Waals surface area contributed by atoms with Gasteiger partial charge in [0.05, 0.1) is 11.0 Å². The molecule has 2 heteroatoms. The molecule has 0 saturated carbocycles. The third-order valence-corrected chi connectivity index (χ3v) is 12.0. The summed E-state index contributed by atoms with van der Waals surface area (Å²) >= 11 is 0. The Hall–Kier alpha value is -6.64. The third kappa shape index (κ3) is 5.56. The van der Waals surface area contributed by atoms with E-state index in [1.807, 2.05) is 0 Å². The molecule has 8 aromatic carbocycles. The number of aromatic nitrogens is 1. The van der Waals surface area contributed by atoms with Crippen molar-refractivity contribution in [2.24, 2.45) is 0 Å². The van der Waals surface area contributed by atoms with Crippen molar-refractivity contribution in [3.05, 3.63) is 204 Å². The van der Waals surface area contributed by atoms with E-state index < -0.39 is 0 Å². The highest BCUT2D eigenvalue weighted by molar-refractivity contribution is 6.10. The van der Waals surface area contributed by atoms with Gasteiger partial charge in [-0.1, -0.05) is 134 Å². The first kappa shape index (κ1) is 33.9. The monoisotopic (exact) mass is 720 g/mol. The summed E-state index contributed by atoms with van der Waals surface area (Å²) in [7, 11) is 0. The second kappa shape index (κ2) is 13.0. The summed E-state index contributed by atoms with van der Waals surface area (Å²) < 4.78 is 2.38. The Kier molecular flexibility index (Phi) is 7.87. The molecule has 0 unspecified atom stereocenters. The topological polar surface area (TPSA) is 8.17 Å². The highest BCUT2D eigenvalue weighted by Crippen LogP contribution is 2.50. The molecule has 2 nitrogen and oxygen atoms in total. The highest BCUT2D eigenvalue weighted by atomic mass is 15.1. The molecule has 0 radical (unpaired) electrons. The van der Waals surface area contributed by atoms with Crippen LogP contribution in [0.4, 0.5) is 17.1 Å². The van der Waals surface area contributed by atoms with Gasteiger partial charge in [0.2, 0.25) is 0 Å². The molecule has 0 fully saturated rings. The quantitative estimate of drug-likeness (QED) is 0.166. The minimum Gasteiger partial charge on any atom is -0.311 e. The summed E-state index contributed by atoms with van der Waals surface area (Å²) in [4.78, 5) is 2.36.